The zero-order chi connectivity index (χ0) is 17.0. The van der Waals surface area contributed by atoms with Gasteiger partial charge in [-0.3, -0.25) is 4.79 Å². The topological polar surface area (TPSA) is 29.1 Å². The summed E-state index contributed by atoms with van der Waals surface area (Å²) in [7, 11) is 0. The van der Waals surface area contributed by atoms with E-state index in [0.29, 0.717) is 10.6 Å². The fraction of sp³-hybridized carbons (Fsp3) is 0.0625. The van der Waals surface area contributed by atoms with E-state index in [1.165, 1.54) is 12.2 Å². The standard InChI is InChI=1S/C16H10Cl2F3NO/c17-12-3-1-2-10(8-12)4-7-15(23)22-14-9-11(16(19,20)21)5-6-13(14)18/h1-9H,(H,22,23)/b7-4-. The molecule has 23 heavy (non-hydrogen) atoms. The van der Waals surface area contributed by atoms with Gasteiger partial charge in [-0.1, -0.05) is 35.3 Å². The smallest absolute Gasteiger partial charge is 0.321 e. The van der Waals surface area contributed by atoms with Crippen LogP contribution in [0.4, 0.5) is 18.9 Å². The predicted molar refractivity (Wildman–Crippen MR) is 85.6 cm³/mol. The lowest BCUT2D eigenvalue weighted by Gasteiger charge is -2.10. The maximum absolute atomic E-state index is 12.7. The van der Waals surface area contributed by atoms with Crippen molar-refractivity contribution in [1.29, 1.82) is 0 Å². The van der Waals surface area contributed by atoms with Crippen LogP contribution < -0.4 is 5.32 Å². The van der Waals surface area contributed by atoms with E-state index < -0.39 is 17.6 Å². The Morgan fingerprint density at radius 2 is 1.83 bits per heavy atom. The van der Waals surface area contributed by atoms with E-state index in [-0.39, 0.29) is 10.7 Å². The van der Waals surface area contributed by atoms with E-state index in [1.54, 1.807) is 24.3 Å². The number of rotatable bonds is 3. The second-order valence-corrected chi connectivity index (χ2v) is 5.41. The molecule has 0 bridgehead atoms. The van der Waals surface area contributed by atoms with Crippen LogP contribution in [0.5, 0.6) is 0 Å². The van der Waals surface area contributed by atoms with Crippen LogP contribution in [-0.4, -0.2) is 5.91 Å². The summed E-state index contributed by atoms with van der Waals surface area (Å²) in [6, 6.07) is 9.48. The molecule has 1 amide bonds. The molecule has 0 aliphatic rings. The normalized spacial score (nSPS) is 11.7. The number of benzene rings is 2. The molecule has 2 nitrogen and oxygen atoms in total. The molecule has 120 valence electrons. The molecule has 2 aromatic rings. The van der Waals surface area contributed by atoms with Gasteiger partial charge in [-0.15, -0.1) is 0 Å². The van der Waals surface area contributed by atoms with Gasteiger partial charge in [0, 0.05) is 11.1 Å². The summed E-state index contributed by atoms with van der Waals surface area (Å²) in [5.74, 6) is -0.605. The Labute approximate surface area is 140 Å². The van der Waals surface area contributed by atoms with Crippen molar-refractivity contribution in [2.75, 3.05) is 5.32 Å². The molecule has 7 heteroatoms. The first-order valence-electron chi connectivity index (χ1n) is 6.37. The van der Waals surface area contributed by atoms with E-state index >= 15 is 0 Å². The van der Waals surface area contributed by atoms with Crippen molar-refractivity contribution in [2.24, 2.45) is 0 Å². The minimum atomic E-state index is -4.51. The third-order valence-electron chi connectivity index (χ3n) is 2.83. The highest BCUT2D eigenvalue weighted by Gasteiger charge is 2.31. The molecule has 0 heterocycles. The number of hydrogen-bond donors (Lipinski definition) is 1. The van der Waals surface area contributed by atoms with Gasteiger partial charge in [0.2, 0.25) is 5.91 Å². The first-order valence-corrected chi connectivity index (χ1v) is 7.13. The monoisotopic (exact) mass is 359 g/mol. The Morgan fingerprint density at radius 3 is 2.48 bits per heavy atom. The third kappa shape index (κ3) is 5.01. The summed E-state index contributed by atoms with van der Waals surface area (Å²) in [6.07, 6.45) is -1.84. The van der Waals surface area contributed by atoms with Crippen LogP contribution in [0.1, 0.15) is 11.1 Å². The molecule has 0 radical (unpaired) electrons. The van der Waals surface area contributed by atoms with Crippen LogP contribution in [0.25, 0.3) is 6.08 Å². The molecule has 0 fully saturated rings. The predicted octanol–water partition coefficient (Wildman–Crippen LogP) is 5.66. The summed E-state index contributed by atoms with van der Waals surface area (Å²) in [4.78, 5) is 11.8. The number of anilines is 1. The van der Waals surface area contributed by atoms with Crippen LogP contribution in [0.15, 0.2) is 48.5 Å². The quantitative estimate of drug-likeness (QED) is 0.703. The fourth-order valence-electron chi connectivity index (χ4n) is 1.75. The average Bonchev–Trinajstić information content (AvgIpc) is 2.46. The molecule has 2 aromatic carbocycles. The molecule has 0 saturated carbocycles. The van der Waals surface area contributed by atoms with Gasteiger partial charge in [0.1, 0.15) is 0 Å². The average molecular weight is 360 g/mol. The Bertz CT molecular complexity index is 757. The van der Waals surface area contributed by atoms with Gasteiger partial charge in [0.15, 0.2) is 0 Å². The van der Waals surface area contributed by atoms with Crippen LogP contribution in [-0.2, 0) is 11.0 Å². The summed E-state index contributed by atoms with van der Waals surface area (Å²) < 4.78 is 38.0. The lowest BCUT2D eigenvalue weighted by atomic mass is 10.2. The largest absolute Gasteiger partial charge is 0.416 e. The van der Waals surface area contributed by atoms with Gasteiger partial charge >= 0.3 is 6.18 Å². The number of carbonyl (C=O) groups is 1. The van der Waals surface area contributed by atoms with Crippen molar-refractivity contribution in [2.45, 2.75) is 6.18 Å². The van der Waals surface area contributed by atoms with Crippen molar-refractivity contribution in [3.63, 3.8) is 0 Å². The molecule has 0 saturated heterocycles. The van der Waals surface area contributed by atoms with E-state index in [4.69, 9.17) is 23.2 Å². The molecule has 0 aromatic heterocycles. The second kappa shape index (κ2) is 7.06. The van der Waals surface area contributed by atoms with E-state index in [2.05, 4.69) is 5.32 Å². The molecule has 2 rings (SSSR count). The number of hydrogen-bond acceptors (Lipinski definition) is 1. The highest BCUT2D eigenvalue weighted by atomic mass is 35.5. The van der Waals surface area contributed by atoms with Crippen molar-refractivity contribution in [3.8, 4) is 0 Å². The van der Waals surface area contributed by atoms with Gasteiger partial charge < -0.3 is 5.32 Å². The van der Waals surface area contributed by atoms with Gasteiger partial charge in [0.05, 0.1) is 16.3 Å². The molecule has 0 aliphatic heterocycles. The Hall–Kier alpha value is -1.98. The fourth-order valence-corrected chi connectivity index (χ4v) is 2.12. The van der Waals surface area contributed by atoms with Crippen molar-refractivity contribution in [1.82, 2.24) is 0 Å². The number of nitrogens with one attached hydrogen (secondary N) is 1. The zero-order valence-electron chi connectivity index (χ0n) is 11.5. The first-order chi connectivity index (χ1) is 10.8. The first kappa shape index (κ1) is 17.4. The van der Waals surface area contributed by atoms with Crippen molar-refractivity contribution >= 4 is 40.9 Å². The van der Waals surface area contributed by atoms with Gasteiger partial charge in [0.25, 0.3) is 0 Å². The maximum atomic E-state index is 12.7. The summed E-state index contributed by atoms with van der Waals surface area (Å²) in [5.41, 5.74) is -0.318. The Morgan fingerprint density at radius 1 is 1.09 bits per heavy atom. The molecule has 0 unspecified atom stereocenters. The van der Waals surface area contributed by atoms with Crippen LogP contribution in [0, 0.1) is 0 Å². The summed E-state index contributed by atoms with van der Waals surface area (Å²) >= 11 is 11.6. The highest BCUT2D eigenvalue weighted by Crippen LogP contribution is 2.33. The van der Waals surface area contributed by atoms with E-state index in [1.807, 2.05) is 0 Å². The SMILES string of the molecule is O=C(/C=C\c1cccc(Cl)c1)Nc1cc(C(F)(F)F)ccc1Cl. The number of carbonyl (C=O) groups excluding carboxylic acids is 1. The number of amides is 1. The number of alkyl halides is 3. The molecule has 0 atom stereocenters. The van der Waals surface area contributed by atoms with Gasteiger partial charge in [-0.2, -0.15) is 13.2 Å². The molecular formula is C16H10Cl2F3NO. The minimum absolute atomic E-state index is 0.0162. The highest BCUT2D eigenvalue weighted by molar-refractivity contribution is 6.34. The Balaban J connectivity index is 2.14. The van der Waals surface area contributed by atoms with Gasteiger partial charge in [-0.05, 0) is 42.0 Å². The molecule has 0 aliphatic carbocycles. The van der Waals surface area contributed by atoms with Crippen LogP contribution in [0.3, 0.4) is 0 Å². The molecule has 1 N–H and O–H groups in total. The zero-order valence-corrected chi connectivity index (χ0v) is 13.0. The molecule has 0 spiro atoms. The lowest BCUT2D eigenvalue weighted by molar-refractivity contribution is -0.137. The maximum Gasteiger partial charge on any atom is 0.416 e. The Kier molecular flexibility index (Phi) is 5.34. The van der Waals surface area contributed by atoms with Crippen molar-refractivity contribution < 1.29 is 18.0 Å². The van der Waals surface area contributed by atoms with E-state index in [0.717, 1.165) is 18.2 Å². The van der Waals surface area contributed by atoms with Crippen molar-refractivity contribution in [3.05, 3.63) is 69.7 Å². The number of halogens is 5. The van der Waals surface area contributed by atoms with Gasteiger partial charge in [-0.25, -0.2) is 0 Å². The third-order valence-corrected chi connectivity index (χ3v) is 3.39. The summed E-state index contributed by atoms with van der Waals surface area (Å²) in [5, 5.41) is 2.84. The van der Waals surface area contributed by atoms with Crippen LogP contribution in [0.2, 0.25) is 10.0 Å². The van der Waals surface area contributed by atoms with E-state index in [9.17, 15) is 18.0 Å². The lowest BCUT2D eigenvalue weighted by Crippen LogP contribution is -2.11. The van der Waals surface area contributed by atoms with Crippen LogP contribution >= 0.6 is 23.2 Å². The minimum Gasteiger partial charge on any atom is -0.321 e. The second-order valence-electron chi connectivity index (χ2n) is 4.57. The molecular weight excluding hydrogens is 350 g/mol. The summed E-state index contributed by atoms with van der Waals surface area (Å²) in [6.45, 7) is 0.